The summed E-state index contributed by atoms with van der Waals surface area (Å²) in [4.78, 5) is 15.1. The van der Waals surface area contributed by atoms with Gasteiger partial charge in [-0.15, -0.1) is 11.3 Å². The Morgan fingerprint density at radius 1 is 1.33 bits per heavy atom. The van der Waals surface area contributed by atoms with E-state index in [4.69, 9.17) is 5.73 Å². The molecule has 0 saturated heterocycles. The Morgan fingerprint density at radius 2 is 2.11 bits per heavy atom. The molecule has 4 heteroatoms. The molecule has 2 N–H and O–H groups in total. The Kier molecular flexibility index (Phi) is 3.67. The van der Waals surface area contributed by atoms with Crippen LogP contribution in [0.2, 0.25) is 0 Å². The Labute approximate surface area is 111 Å². The van der Waals surface area contributed by atoms with E-state index in [-0.39, 0.29) is 5.91 Å². The van der Waals surface area contributed by atoms with E-state index in [2.05, 4.69) is 0 Å². The van der Waals surface area contributed by atoms with E-state index in [0.717, 1.165) is 10.4 Å². The van der Waals surface area contributed by atoms with Crippen LogP contribution in [0.5, 0.6) is 0 Å². The second-order valence-corrected chi connectivity index (χ2v) is 5.31. The Bertz CT molecular complexity index is 549. The van der Waals surface area contributed by atoms with Crippen molar-refractivity contribution in [2.75, 3.05) is 12.8 Å². The van der Waals surface area contributed by atoms with E-state index in [1.807, 2.05) is 36.6 Å². The topological polar surface area (TPSA) is 46.3 Å². The summed E-state index contributed by atoms with van der Waals surface area (Å²) in [5.74, 6) is -0.0374. The van der Waals surface area contributed by atoms with Gasteiger partial charge in [-0.05, 0) is 30.0 Å². The molecule has 2 aromatic rings. The Hall–Kier alpha value is -1.81. The first-order valence-electron chi connectivity index (χ1n) is 5.72. The van der Waals surface area contributed by atoms with Gasteiger partial charge >= 0.3 is 0 Å². The number of anilines is 1. The van der Waals surface area contributed by atoms with Gasteiger partial charge in [0, 0.05) is 17.6 Å². The van der Waals surface area contributed by atoms with Gasteiger partial charge in [0.15, 0.2) is 0 Å². The van der Waals surface area contributed by atoms with Crippen molar-refractivity contribution in [2.45, 2.75) is 13.5 Å². The van der Waals surface area contributed by atoms with E-state index in [1.165, 1.54) is 0 Å². The van der Waals surface area contributed by atoms with Gasteiger partial charge in [0.25, 0.3) is 5.91 Å². The number of benzene rings is 1. The highest BCUT2D eigenvalue weighted by molar-refractivity contribution is 7.09. The number of rotatable bonds is 3. The van der Waals surface area contributed by atoms with Crippen molar-refractivity contribution in [1.82, 2.24) is 4.90 Å². The molecule has 0 radical (unpaired) electrons. The first kappa shape index (κ1) is 12.6. The third kappa shape index (κ3) is 2.54. The van der Waals surface area contributed by atoms with Crippen LogP contribution in [0.1, 0.15) is 20.8 Å². The van der Waals surface area contributed by atoms with Crippen LogP contribution in [-0.4, -0.2) is 17.9 Å². The average Bonchev–Trinajstić information content (AvgIpc) is 2.84. The van der Waals surface area contributed by atoms with Crippen molar-refractivity contribution >= 4 is 22.9 Å². The number of aryl methyl sites for hydroxylation is 1. The fraction of sp³-hybridized carbons (Fsp3) is 0.214. The minimum Gasteiger partial charge on any atom is -0.398 e. The highest BCUT2D eigenvalue weighted by Gasteiger charge is 2.15. The molecule has 0 fully saturated rings. The molecule has 2 rings (SSSR count). The molecule has 1 heterocycles. The minimum atomic E-state index is -0.0374. The lowest BCUT2D eigenvalue weighted by Crippen LogP contribution is -2.26. The lowest BCUT2D eigenvalue weighted by Gasteiger charge is -2.18. The molecule has 1 aromatic heterocycles. The third-order valence-corrected chi connectivity index (χ3v) is 3.74. The number of carbonyl (C=O) groups excluding carboxylic acids is 1. The molecule has 0 spiro atoms. The summed E-state index contributed by atoms with van der Waals surface area (Å²) in [6.07, 6.45) is 0. The molecule has 1 aromatic carbocycles. The molecule has 0 aliphatic heterocycles. The van der Waals surface area contributed by atoms with Gasteiger partial charge in [0.2, 0.25) is 0 Å². The minimum absolute atomic E-state index is 0.0374. The monoisotopic (exact) mass is 260 g/mol. The van der Waals surface area contributed by atoms with E-state index in [9.17, 15) is 4.79 Å². The molecule has 0 aliphatic rings. The molecule has 0 aliphatic carbocycles. The maximum absolute atomic E-state index is 12.3. The van der Waals surface area contributed by atoms with Crippen molar-refractivity contribution in [3.05, 3.63) is 51.7 Å². The fourth-order valence-electron chi connectivity index (χ4n) is 1.78. The lowest BCUT2D eigenvalue weighted by molar-refractivity contribution is 0.0787. The summed E-state index contributed by atoms with van der Waals surface area (Å²) in [5, 5.41) is 2.01. The highest BCUT2D eigenvalue weighted by Crippen LogP contribution is 2.19. The Balaban J connectivity index is 2.18. The van der Waals surface area contributed by atoms with Crippen LogP contribution in [0.4, 0.5) is 5.69 Å². The summed E-state index contributed by atoms with van der Waals surface area (Å²) < 4.78 is 0. The second kappa shape index (κ2) is 5.23. The van der Waals surface area contributed by atoms with Crippen LogP contribution in [-0.2, 0) is 6.54 Å². The zero-order chi connectivity index (χ0) is 13.1. The van der Waals surface area contributed by atoms with Crippen molar-refractivity contribution in [1.29, 1.82) is 0 Å². The van der Waals surface area contributed by atoms with Gasteiger partial charge in [-0.25, -0.2) is 0 Å². The lowest BCUT2D eigenvalue weighted by atomic mass is 10.1. The molecular formula is C14H16N2OS. The van der Waals surface area contributed by atoms with Gasteiger partial charge in [-0.2, -0.15) is 0 Å². The summed E-state index contributed by atoms with van der Waals surface area (Å²) in [6, 6.07) is 9.55. The number of hydrogen-bond acceptors (Lipinski definition) is 3. The smallest absolute Gasteiger partial charge is 0.256 e. The van der Waals surface area contributed by atoms with Gasteiger partial charge in [-0.3, -0.25) is 4.79 Å². The highest BCUT2D eigenvalue weighted by atomic mass is 32.1. The molecule has 1 amide bonds. The maximum atomic E-state index is 12.3. The standard InChI is InChI=1S/C14H16N2OS/c1-10-5-3-7-12(13(10)15)14(17)16(2)9-11-6-4-8-18-11/h3-8H,9,15H2,1-2H3. The van der Waals surface area contributed by atoms with E-state index < -0.39 is 0 Å². The largest absolute Gasteiger partial charge is 0.398 e. The van der Waals surface area contributed by atoms with E-state index in [0.29, 0.717) is 17.8 Å². The molecule has 0 unspecified atom stereocenters. The molecular weight excluding hydrogens is 244 g/mol. The number of amides is 1. The van der Waals surface area contributed by atoms with Crippen LogP contribution < -0.4 is 5.73 Å². The van der Waals surface area contributed by atoms with Crippen molar-refractivity contribution in [3.63, 3.8) is 0 Å². The first-order chi connectivity index (χ1) is 8.59. The van der Waals surface area contributed by atoms with E-state index >= 15 is 0 Å². The maximum Gasteiger partial charge on any atom is 0.256 e. The number of hydrogen-bond donors (Lipinski definition) is 1. The van der Waals surface area contributed by atoms with E-state index in [1.54, 1.807) is 29.4 Å². The normalized spacial score (nSPS) is 10.3. The number of thiophene rings is 1. The summed E-state index contributed by atoms with van der Waals surface area (Å²) >= 11 is 1.65. The molecule has 3 nitrogen and oxygen atoms in total. The predicted molar refractivity (Wildman–Crippen MR) is 75.7 cm³/mol. The number of nitrogens with zero attached hydrogens (tertiary/aromatic N) is 1. The quantitative estimate of drug-likeness (QED) is 0.862. The van der Waals surface area contributed by atoms with Crippen LogP contribution in [0.25, 0.3) is 0 Å². The molecule has 18 heavy (non-hydrogen) atoms. The Morgan fingerprint density at radius 3 is 2.78 bits per heavy atom. The second-order valence-electron chi connectivity index (χ2n) is 4.28. The van der Waals surface area contributed by atoms with Crippen LogP contribution in [0.15, 0.2) is 35.7 Å². The van der Waals surface area contributed by atoms with Gasteiger partial charge in [0.05, 0.1) is 12.1 Å². The van der Waals surface area contributed by atoms with Crippen LogP contribution >= 0.6 is 11.3 Å². The van der Waals surface area contributed by atoms with Crippen LogP contribution in [0.3, 0.4) is 0 Å². The first-order valence-corrected chi connectivity index (χ1v) is 6.60. The van der Waals surface area contributed by atoms with Gasteiger partial charge < -0.3 is 10.6 Å². The summed E-state index contributed by atoms with van der Waals surface area (Å²) in [7, 11) is 1.80. The zero-order valence-electron chi connectivity index (χ0n) is 10.5. The number of nitrogens with two attached hydrogens (primary N) is 1. The molecule has 0 saturated carbocycles. The predicted octanol–water partition coefficient (Wildman–Crippen LogP) is 2.91. The zero-order valence-corrected chi connectivity index (χ0v) is 11.3. The van der Waals surface area contributed by atoms with Crippen molar-refractivity contribution in [2.24, 2.45) is 0 Å². The average molecular weight is 260 g/mol. The van der Waals surface area contributed by atoms with Crippen molar-refractivity contribution in [3.8, 4) is 0 Å². The van der Waals surface area contributed by atoms with Gasteiger partial charge in [0.1, 0.15) is 0 Å². The fourth-order valence-corrected chi connectivity index (χ4v) is 2.54. The number of nitrogen functional groups attached to an aromatic ring is 1. The number of carbonyl (C=O) groups is 1. The SMILES string of the molecule is Cc1cccc(C(=O)N(C)Cc2cccs2)c1N. The summed E-state index contributed by atoms with van der Waals surface area (Å²) in [6.45, 7) is 2.52. The van der Waals surface area contributed by atoms with Gasteiger partial charge in [-0.1, -0.05) is 18.2 Å². The molecule has 0 atom stereocenters. The molecule has 94 valence electrons. The van der Waals surface area contributed by atoms with Crippen LogP contribution in [0, 0.1) is 6.92 Å². The molecule has 0 bridgehead atoms. The number of para-hydroxylation sites is 1. The van der Waals surface area contributed by atoms with Crippen molar-refractivity contribution < 1.29 is 4.79 Å². The summed E-state index contributed by atoms with van der Waals surface area (Å²) in [5.41, 5.74) is 8.03. The third-order valence-electron chi connectivity index (χ3n) is 2.87.